The number of nitrogens with zero attached hydrogens (tertiary/aromatic N) is 1. The summed E-state index contributed by atoms with van der Waals surface area (Å²) in [5, 5.41) is -0.123. The van der Waals surface area contributed by atoms with Crippen molar-refractivity contribution < 1.29 is 21.8 Å². The maximum Gasteiger partial charge on any atom is 0.282 e. The molecule has 0 fully saturated rings. The van der Waals surface area contributed by atoms with Crippen molar-refractivity contribution in [1.82, 2.24) is 10.4 Å². The lowest BCUT2D eigenvalue weighted by molar-refractivity contribution is 0.140. The Bertz CT molecular complexity index is 913. The molecule has 2 rings (SSSR count). The van der Waals surface area contributed by atoms with Gasteiger partial charge in [0.2, 0.25) is 0 Å². The number of benzene rings is 2. The van der Waals surface area contributed by atoms with Gasteiger partial charge in [-0.2, -0.15) is 8.42 Å². The lowest BCUT2D eigenvalue weighted by atomic mass is 10.2. The SMILES string of the molecule is CCC(N(Cc1ccc(Br)cc1F)NCc1ccc(Br)cc1F)S(=O)(=O)O. The van der Waals surface area contributed by atoms with Gasteiger partial charge in [-0.3, -0.25) is 4.55 Å². The normalized spacial score (nSPS) is 13.1. The summed E-state index contributed by atoms with van der Waals surface area (Å²) in [5.74, 6) is -1.01. The molecule has 0 saturated carbocycles. The highest BCUT2D eigenvalue weighted by molar-refractivity contribution is 9.10. The smallest absolute Gasteiger partial charge is 0.282 e. The monoisotopic (exact) mass is 526 g/mol. The first-order chi connectivity index (χ1) is 12.6. The van der Waals surface area contributed by atoms with Gasteiger partial charge in [0.15, 0.2) is 5.37 Å². The van der Waals surface area contributed by atoms with Crippen LogP contribution in [0.5, 0.6) is 0 Å². The first-order valence-corrected chi connectivity index (χ1v) is 11.0. The summed E-state index contributed by atoms with van der Waals surface area (Å²) < 4.78 is 62.4. The summed E-state index contributed by atoms with van der Waals surface area (Å²) in [6.45, 7) is 1.39. The lowest BCUT2D eigenvalue weighted by Gasteiger charge is -2.29. The standard InChI is InChI=1S/C17H18Br2F2N2O3S/c1-2-17(27(24,25)26)23(10-12-4-6-14(19)8-16(12)21)22-9-11-3-5-13(18)7-15(11)20/h3-8,17,22H,2,9-10H2,1H3,(H,24,25,26). The Morgan fingerprint density at radius 2 is 1.59 bits per heavy atom. The van der Waals surface area contributed by atoms with Gasteiger partial charge in [0, 0.05) is 33.2 Å². The minimum atomic E-state index is -4.45. The van der Waals surface area contributed by atoms with Crippen molar-refractivity contribution in [3.05, 3.63) is 68.1 Å². The molecule has 0 aliphatic heterocycles. The molecule has 27 heavy (non-hydrogen) atoms. The number of halogens is 4. The topological polar surface area (TPSA) is 69.6 Å². The summed E-state index contributed by atoms with van der Waals surface area (Å²) >= 11 is 6.33. The second-order valence-corrected chi connectivity index (χ2v) is 9.22. The zero-order valence-corrected chi connectivity index (χ0v) is 18.3. The van der Waals surface area contributed by atoms with Crippen LogP contribution in [0.2, 0.25) is 0 Å². The van der Waals surface area contributed by atoms with Crippen molar-refractivity contribution in [3.63, 3.8) is 0 Å². The number of hydrogen-bond donors (Lipinski definition) is 2. The Kier molecular flexibility index (Phi) is 7.90. The molecule has 1 unspecified atom stereocenters. The van der Waals surface area contributed by atoms with E-state index in [4.69, 9.17) is 0 Å². The van der Waals surface area contributed by atoms with Crippen LogP contribution in [-0.2, 0) is 23.2 Å². The fourth-order valence-corrected chi connectivity index (χ4v) is 4.09. The Morgan fingerprint density at radius 3 is 2.04 bits per heavy atom. The molecule has 2 aromatic rings. The largest absolute Gasteiger partial charge is 0.284 e. The molecule has 0 radical (unpaired) electrons. The van der Waals surface area contributed by atoms with Gasteiger partial charge in [0.25, 0.3) is 10.1 Å². The Hall–Kier alpha value is -0.910. The van der Waals surface area contributed by atoms with Crippen molar-refractivity contribution in [2.45, 2.75) is 31.8 Å². The van der Waals surface area contributed by atoms with Crippen LogP contribution in [0.1, 0.15) is 24.5 Å². The predicted molar refractivity (Wildman–Crippen MR) is 106 cm³/mol. The van der Waals surface area contributed by atoms with Crippen molar-refractivity contribution in [2.75, 3.05) is 0 Å². The molecule has 148 valence electrons. The molecule has 0 bridgehead atoms. The molecule has 10 heteroatoms. The highest BCUT2D eigenvalue weighted by Crippen LogP contribution is 2.20. The third kappa shape index (κ3) is 6.30. The van der Waals surface area contributed by atoms with Crippen LogP contribution in [0.3, 0.4) is 0 Å². The molecule has 0 amide bonds. The summed E-state index contributed by atoms with van der Waals surface area (Å²) in [7, 11) is -4.45. The zero-order valence-electron chi connectivity index (χ0n) is 14.3. The average molecular weight is 528 g/mol. The van der Waals surface area contributed by atoms with Gasteiger partial charge in [-0.1, -0.05) is 50.9 Å². The molecule has 5 nitrogen and oxygen atoms in total. The minimum absolute atomic E-state index is 0.0384. The van der Waals surface area contributed by atoms with Gasteiger partial charge in [0.1, 0.15) is 11.6 Å². The summed E-state index contributed by atoms with van der Waals surface area (Å²) in [6.07, 6.45) is 0.0484. The van der Waals surface area contributed by atoms with E-state index in [1.807, 2.05) is 0 Å². The lowest BCUT2D eigenvalue weighted by Crippen LogP contribution is -2.48. The minimum Gasteiger partial charge on any atom is -0.284 e. The molecular formula is C17H18Br2F2N2O3S. The van der Waals surface area contributed by atoms with Gasteiger partial charge in [-0.15, -0.1) is 0 Å². The fraction of sp³-hybridized carbons (Fsp3) is 0.294. The molecule has 2 aromatic carbocycles. The quantitative estimate of drug-likeness (QED) is 0.387. The van der Waals surface area contributed by atoms with Gasteiger partial charge in [-0.25, -0.2) is 19.2 Å². The van der Waals surface area contributed by atoms with Crippen molar-refractivity contribution in [1.29, 1.82) is 0 Å². The summed E-state index contributed by atoms with van der Waals surface area (Å²) in [5.41, 5.74) is 3.33. The van der Waals surface area contributed by atoms with Crippen molar-refractivity contribution in [3.8, 4) is 0 Å². The third-order valence-corrected chi connectivity index (χ3v) is 6.15. The van der Waals surface area contributed by atoms with Crippen LogP contribution in [0.15, 0.2) is 45.3 Å². The molecular weight excluding hydrogens is 510 g/mol. The molecule has 2 N–H and O–H groups in total. The van der Waals surface area contributed by atoms with Crippen LogP contribution in [0.25, 0.3) is 0 Å². The Labute approximate surface area is 173 Å². The number of hydrogen-bond acceptors (Lipinski definition) is 4. The predicted octanol–water partition coefficient (Wildman–Crippen LogP) is 4.62. The summed E-state index contributed by atoms with van der Waals surface area (Å²) in [6, 6.07) is 8.87. The van der Waals surface area contributed by atoms with Gasteiger partial charge < -0.3 is 0 Å². The van der Waals surface area contributed by atoms with E-state index in [-0.39, 0.29) is 25.1 Å². The van der Waals surface area contributed by atoms with Crippen LogP contribution in [0, 0.1) is 11.6 Å². The van der Waals surface area contributed by atoms with E-state index < -0.39 is 27.1 Å². The first-order valence-electron chi connectivity index (χ1n) is 7.96. The average Bonchev–Trinajstić information content (AvgIpc) is 2.55. The van der Waals surface area contributed by atoms with E-state index >= 15 is 0 Å². The van der Waals surface area contributed by atoms with Gasteiger partial charge in [0.05, 0.1) is 0 Å². The molecule has 0 aliphatic carbocycles. The van der Waals surface area contributed by atoms with E-state index in [1.54, 1.807) is 25.1 Å². The van der Waals surface area contributed by atoms with Crippen LogP contribution < -0.4 is 5.43 Å². The number of hydrazine groups is 1. The second-order valence-electron chi connectivity index (χ2n) is 5.81. The van der Waals surface area contributed by atoms with E-state index in [1.165, 1.54) is 23.2 Å². The molecule has 0 saturated heterocycles. The zero-order chi connectivity index (χ0) is 20.2. The van der Waals surface area contributed by atoms with Crippen molar-refractivity contribution >= 4 is 42.0 Å². The maximum atomic E-state index is 14.2. The number of rotatable bonds is 8. The Balaban J connectivity index is 2.28. The molecule has 0 spiro atoms. The van der Waals surface area contributed by atoms with E-state index in [0.717, 1.165) is 0 Å². The van der Waals surface area contributed by atoms with Crippen LogP contribution in [0.4, 0.5) is 8.78 Å². The number of nitrogens with one attached hydrogen (secondary N) is 1. The highest BCUT2D eigenvalue weighted by Gasteiger charge is 2.29. The molecule has 0 aliphatic rings. The van der Waals surface area contributed by atoms with Gasteiger partial charge in [-0.05, 0) is 30.7 Å². The molecule has 0 aromatic heterocycles. The first kappa shape index (κ1) is 22.4. The second kappa shape index (κ2) is 9.53. The fourth-order valence-electron chi connectivity index (χ4n) is 2.54. The third-order valence-electron chi connectivity index (χ3n) is 3.88. The van der Waals surface area contributed by atoms with Crippen LogP contribution >= 0.6 is 31.9 Å². The van der Waals surface area contributed by atoms with Crippen LogP contribution in [-0.4, -0.2) is 23.4 Å². The van der Waals surface area contributed by atoms with Gasteiger partial charge >= 0.3 is 0 Å². The molecule has 0 heterocycles. The summed E-state index contributed by atoms with van der Waals surface area (Å²) in [4.78, 5) is 0. The van der Waals surface area contributed by atoms with E-state index in [9.17, 15) is 21.8 Å². The maximum absolute atomic E-state index is 14.2. The highest BCUT2D eigenvalue weighted by atomic mass is 79.9. The van der Waals surface area contributed by atoms with E-state index in [2.05, 4.69) is 37.3 Å². The van der Waals surface area contributed by atoms with E-state index in [0.29, 0.717) is 14.5 Å². The Morgan fingerprint density at radius 1 is 1.07 bits per heavy atom. The molecule has 1 atom stereocenters. The van der Waals surface area contributed by atoms with Crippen molar-refractivity contribution in [2.24, 2.45) is 0 Å².